The standard InChI is InChI=1S/C20H22N2O5.C2HF3O2/c21-8-11-26-16-4-1-14(2-5-16)15-3-6-18-17(13-15)20(25)22(10-12-27-18)9-7-19(23)24;3-2(4,5)1(6)7/h1-6,13H,7-12,21H2,(H,23,24);(H,6,7). The van der Waals surface area contributed by atoms with Crippen LogP contribution >= 0.6 is 0 Å². The van der Waals surface area contributed by atoms with Gasteiger partial charge in [-0.25, -0.2) is 4.79 Å². The molecule has 0 spiro atoms. The van der Waals surface area contributed by atoms with Crippen molar-refractivity contribution in [3.05, 3.63) is 48.0 Å². The molecule has 0 fully saturated rings. The first-order chi connectivity index (χ1) is 16.0. The molecule has 0 bridgehead atoms. The van der Waals surface area contributed by atoms with Crippen LogP contribution < -0.4 is 15.2 Å². The predicted octanol–water partition coefficient (Wildman–Crippen LogP) is 2.63. The number of amides is 1. The molecule has 9 nitrogen and oxygen atoms in total. The number of carbonyl (C=O) groups excluding carboxylic acids is 1. The number of nitrogens with zero attached hydrogens (tertiary/aromatic N) is 1. The number of carboxylic acids is 2. The van der Waals surface area contributed by atoms with Gasteiger partial charge in [0.1, 0.15) is 24.7 Å². The SMILES string of the molecule is NCCOc1ccc(-c2ccc3c(c2)C(=O)N(CCC(=O)O)CCO3)cc1.O=C(O)C(F)(F)F. The van der Waals surface area contributed by atoms with Crippen molar-refractivity contribution in [2.75, 3.05) is 32.8 Å². The summed E-state index contributed by atoms with van der Waals surface area (Å²) < 4.78 is 42.9. The Bertz CT molecular complexity index is 1010. The van der Waals surface area contributed by atoms with E-state index in [-0.39, 0.29) is 18.9 Å². The van der Waals surface area contributed by atoms with Gasteiger partial charge in [0.2, 0.25) is 0 Å². The van der Waals surface area contributed by atoms with Crippen molar-refractivity contribution in [1.82, 2.24) is 4.90 Å². The summed E-state index contributed by atoms with van der Waals surface area (Å²) >= 11 is 0. The van der Waals surface area contributed by atoms with Crippen LogP contribution in [0.2, 0.25) is 0 Å². The van der Waals surface area contributed by atoms with Crippen molar-refractivity contribution < 1.29 is 47.2 Å². The van der Waals surface area contributed by atoms with E-state index in [4.69, 9.17) is 30.2 Å². The number of halogens is 3. The fraction of sp³-hybridized carbons (Fsp3) is 0.318. The summed E-state index contributed by atoms with van der Waals surface area (Å²) in [5, 5.41) is 16.0. The summed E-state index contributed by atoms with van der Waals surface area (Å²) in [6, 6.07) is 13.0. The molecule has 4 N–H and O–H groups in total. The number of nitrogens with two attached hydrogens (primary N) is 1. The van der Waals surface area contributed by atoms with Crippen molar-refractivity contribution >= 4 is 17.8 Å². The Morgan fingerprint density at radius 1 is 1.09 bits per heavy atom. The van der Waals surface area contributed by atoms with Gasteiger partial charge in [0, 0.05) is 13.1 Å². The van der Waals surface area contributed by atoms with Gasteiger partial charge in [-0.05, 0) is 35.4 Å². The van der Waals surface area contributed by atoms with Crippen molar-refractivity contribution in [2.24, 2.45) is 5.73 Å². The third-order valence-corrected chi connectivity index (χ3v) is 4.53. The first-order valence-electron chi connectivity index (χ1n) is 10.0. The second-order valence-corrected chi connectivity index (χ2v) is 6.96. The summed E-state index contributed by atoms with van der Waals surface area (Å²) in [5.74, 6) is -2.65. The Hall–Kier alpha value is -3.80. The topological polar surface area (TPSA) is 139 Å². The van der Waals surface area contributed by atoms with Crippen LogP contribution in [0.25, 0.3) is 11.1 Å². The molecule has 1 amide bonds. The maximum Gasteiger partial charge on any atom is 0.490 e. The first kappa shape index (κ1) is 26.5. The number of carbonyl (C=O) groups is 3. The quantitative estimate of drug-likeness (QED) is 0.545. The summed E-state index contributed by atoms with van der Waals surface area (Å²) in [6.07, 6.45) is -5.18. The Morgan fingerprint density at radius 3 is 2.26 bits per heavy atom. The van der Waals surface area contributed by atoms with Crippen molar-refractivity contribution in [1.29, 1.82) is 0 Å². The number of aliphatic carboxylic acids is 2. The highest BCUT2D eigenvalue weighted by Crippen LogP contribution is 2.30. The fourth-order valence-corrected chi connectivity index (χ4v) is 2.90. The highest BCUT2D eigenvalue weighted by atomic mass is 19.4. The minimum absolute atomic E-state index is 0.0922. The normalized spacial score (nSPS) is 13.1. The molecule has 1 aliphatic heterocycles. The number of hydrogen-bond donors (Lipinski definition) is 3. The van der Waals surface area contributed by atoms with E-state index in [1.165, 1.54) is 4.90 Å². The van der Waals surface area contributed by atoms with Gasteiger partial charge in [-0.3, -0.25) is 9.59 Å². The lowest BCUT2D eigenvalue weighted by molar-refractivity contribution is -0.192. The number of ether oxygens (including phenoxy) is 2. The van der Waals surface area contributed by atoms with Crippen molar-refractivity contribution in [3.63, 3.8) is 0 Å². The average molecular weight is 484 g/mol. The number of fused-ring (bicyclic) bond motifs is 1. The minimum Gasteiger partial charge on any atom is -0.492 e. The third-order valence-electron chi connectivity index (χ3n) is 4.53. The zero-order valence-electron chi connectivity index (χ0n) is 17.9. The van der Waals surface area contributed by atoms with E-state index in [1.807, 2.05) is 30.3 Å². The van der Waals surface area contributed by atoms with Crippen molar-refractivity contribution in [3.8, 4) is 22.6 Å². The van der Waals surface area contributed by atoms with E-state index >= 15 is 0 Å². The summed E-state index contributed by atoms with van der Waals surface area (Å²) in [4.78, 5) is 34.1. The lowest BCUT2D eigenvalue weighted by atomic mass is 10.0. The molecular formula is C22H23F3N2O7. The van der Waals surface area contributed by atoms with Crippen LogP contribution in [0.1, 0.15) is 16.8 Å². The van der Waals surface area contributed by atoms with Gasteiger partial charge < -0.3 is 30.3 Å². The number of rotatable bonds is 7. The lowest BCUT2D eigenvalue weighted by Crippen LogP contribution is -2.34. The predicted molar refractivity (Wildman–Crippen MR) is 114 cm³/mol. The van der Waals surface area contributed by atoms with Crippen LogP contribution in [0, 0.1) is 0 Å². The summed E-state index contributed by atoms with van der Waals surface area (Å²) in [6.45, 7) is 1.77. The zero-order chi connectivity index (χ0) is 25.3. The van der Waals surface area contributed by atoms with Gasteiger partial charge in [0.05, 0.1) is 18.5 Å². The molecule has 184 valence electrons. The number of hydrogen-bond acceptors (Lipinski definition) is 6. The van der Waals surface area contributed by atoms with Gasteiger partial charge in [-0.1, -0.05) is 18.2 Å². The molecular weight excluding hydrogens is 461 g/mol. The number of alkyl halides is 3. The lowest BCUT2D eigenvalue weighted by Gasteiger charge is -2.18. The summed E-state index contributed by atoms with van der Waals surface area (Å²) in [5.41, 5.74) is 7.68. The van der Waals surface area contributed by atoms with Crippen LogP contribution in [0.3, 0.4) is 0 Å². The van der Waals surface area contributed by atoms with Crippen LogP contribution in [0.15, 0.2) is 42.5 Å². The molecule has 0 radical (unpaired) electrons. The van der Waals surface area contributed by atoms with Gasteiger partial charge in [0.25, 0.3) is 5.91 Å². The molecule has 0 saturated heterocycles. The second-order valence-electron chi connectivity index (χ2n) is 6.96. The van der Waals surface area contributed by atoms with Crippen LogP contribution in [-0.4, -0.2) is 72.0 Å². The van der Waals surface area contributed by atoms with E-state index in [0.717, 1.165) is 16.9 Å². The monoisotopic (exact) mass is 484 g/mol. The van der Waals surface area contributed by atoms with E-state index in [9.17, 15) is 22.8 Å². The van der Waals surface area contributed by atoms with Crippen molar-refractivity contribution in [2.45, 2.75) is 12.6 Å². The number of benzene rings is 2. The van der Waals surface area contributed by atoms with E-state index < -0.39 is 18.1 Å². The smallest absolute Gasteiger partial charge is 0.490 e. The third kappa shape index (κ3) is 7.66. The molecule has 3 rings (SSSR count). The van der Waals surface area contributed by atoms with E-state index in [2.05, 4.69) is 0 Å². The Kier molecular flexibility index (Phi) is 9.25. The molecule has 0 atom stereocenters. The van der Waals surface area contributed by atoms with Gasteiger partial charge in [-0.2, -0.15) is 13.2 Å². The van der Waals surface area contributed by atoms with Gasteiger partial charge in [0.15, 0.2) is 0 Å². The zero-order valence-corrected chi connectivity index (χ0v) is 17.9. The van der Waals surface area contributed by atoms with E-state index in [0.29, 0.717) is 37.6 Å². The molecule has 1 heterocycles. The maximum absolute atomic E-state index is 12.8. The molecule has 1 aliphatic rings. The highest BCUT2D eigenvalue weighted by molar-refractivity contribution is 5.98. The van der Waals surface area contributed by atoms with E-state index in [1.54, 1.807) is 12.1 Å². The average Bonchev–Trinajstić information content (AvgIpc) is 2.94. The fourth-order valence-electron chi connectivity index (χ4n) is 2.90. The molecule has 0 aliphatic carbocycles. The van der Waals surface area contributed by atoms with Crippen LogP contribution in [0.5, 0.6) is 11.5 Å². The Labute approximate surface area is 192 Å². The first-order valence-corrected chi connectivity index (χ1v) is 10.0. The van der Waals surface area contributed by atoms with Gasteiger partial charge in [-0.15, -0.1) is 0 Å². The second kappa shape index (κ2) is 11.9. The largest absolute Gasteiger partial charge is 0.492 e. The Morgan fingerprint density at radius 2 is 1.71 bits per heavy atom. The molecule has 0 unspecified atom stereocenters. The molecule has 12 heteroatoms. The summed E-state index contributed by atoms with van der Waals surface area (Å²) in [7, 11) is 0. The minimum atomic E-state index is -5.08. The molecule has 2 aromatic carbocycles. The Balaban J connectivity index is 0.000000509. The van der Waals surface area contributed by atoms with Gasteiger partial charge >= 0.3 is 18.1 Å². The number of carboxylic acid groups (broad SMARTS) is 2. The van der Waals surface area contributed by atoms with Crippen LogP contribution in [-0.2, 0) is 9.59 Å². The molecule has 0 saturated carbocycles. The molecule has 34 heavy (non-hydrogen) atoms. The molecule has 0 aromatic heterocycles. The molecule has 2 aromatic rings. The van der Waals surface area contributed by atoms with Crippen LogP contribution in [0.4, 0.5) is 13.2 Å². The highest BCUT2D eigenvalue weighted by Gasteiger charge is 2.38. The maximum atomic E-state index is 12.8.